The van der Waals surface area contributed by atoms with Gasteiger partial charge in [0.2, 0.25) is 10.0 Å². The van der Waals surface area contributed by atoms with E-state index < -0.39 is 10.0 Å². The lowest BCUT2D eigenvalue weighted by Crippen LogP contribution is -2.33. The Balaban J connectivity index is 4.12. The molecule has 0 bridgehead atoms. The third kappa shape index (κ3) is 4.93. The first-order valence-electron chi connectivity index (χ1n) is 5.26. The zero-order valence-corrected chi connectivity index (χ0v) is 10.0. The van der Waals surface area contributed by atoms with Crippen molar-refractivity contribution in [1.82, 2.24) is 4.31 Å². The third-order valence-corrected chi connectivity index (χ3v) is 4.11. The van der Waals surface area contributed by atoms with Crippen LogP contribution in [0.5, 0.6) is 0 Å². The van der Waals surface area contributed by atoms with E-state index in [1.165, 1.54) is 0 Å². The van der Waals surface area contributed by atoms with Crippen LogP contribution in [-0.2, 0) is 10.0 Å². The fourth-order valence-corrected chi connectivity index (χ4v) is 2.98. The molecule has 0 unspecified atom stereocenters. The highest BCUT2D eigenvalue weighted by Crippen LogP contribution is 2.05. The minimum Gasteiger partial charge on any atom is -0.330 e. The van der Waals surface area contributed by atoms with E-state index >= 15 is 0 Å². The van der Waals surface area contributed by atoms with Crippen LogP contribution in [0.25, 0.3) is 0 Å². The van der Waals surface area contributed by atoms with E-state index in [2.05, 4.69) is 0 Å². The van der Waals surface area contributed by atoms with Crippen molar-refractivity contribution in [2.24, 2.45) is 5.73 Å². The summed E-state index contributed by atoms with van der Waals surface area (Å²) in [5.74, 6) is 0.234. The molecule has 14 heavy (non-hydrogen) atoms. The summed E-state index contributed by atoms with van der Waals surface area (Å²) < 4.78 is 25.0. The number of sulfonamides is 1. The zero-order chi connectivity index (χ0) is 11.0. The van der Waals surface area contributed by atoms with Crippen molar-refractivity contribution in [3.05, 3.63) is 0 Å². The van der Waals surface area contributed by atoms with E-state index in [1.54, 1.807) is 4.31 Å². The van der Waals surface area contributed by atoms with E-state index in [0.29, 0.717) is 26.1 Å². The van der Waals surface area contributed by atoms with Gasteiger partial charge in [-0.05, 0) is 25.8 Å². The molecule has 0 spiro atoms. The topological polar surface area (TPSA) is 63.4 Å². The molecule has 5 heteroatoms. The van der Waals surface area contributed by atoms with Gasteiger partial charge < -0.3 is 5.73 Å². The number of rotatable bonds is 8. The monoisotopic (exact) mass is 222 g/mol. The van der Waals surface area contributed by atoms with E-state index in [-0.39, 0.29) is 5.75 Å². The minimum absolute atomic E-state index is 0.234. The Labute approximate surface area is 87.5 Å². The zero-order valence-electron chi connectivity index (χ0n) is 9.20. The van der Waals surface area contributed by atoms with Crippen molar-refractivity contribution in [3.63, 3.8) is 0 Å². The second-order valence-electron chi connectivity index (χ2n) is 3.30. The van der Waals surface area contributed by atoms with E-state index in [4.69, 9.17) is 5.73 Å². The number of nitrogens with zero attached hydrogens (tertiary/aromatic N) is 1. The Morgan fingerprint density at radius 1 is 1.21 bits per heavy atom. The Morgan fingerprint density at radius 3 is 2.29 bits per heavy atom. The molecule has 0 atom stereocenters. The molecule has 0 aromatic rings. The molecule has 0 rings (SSSR count). The Kier molecular flexibility index (Phi) is 7.13. The van der Waals surface area contributed by atoms with Crippen LogP contribution in [0.2, 0.25) is 0 Å². The van der Waals surface area contributed by atoms with Crippen molar-refractivity contribution in [2.45, 2.75) is 33.1 Å². The Morgan fingerprint density at radius 2 is 1.86 bits per heavy atom. The molecular formula is C9H22N2O2S. The van der Waals surface area contributed by atoms with Gasteiger partial charge in [0.05, 0.1) is 5.75 Å². The maximum atomic E-state index is 11.7. The SMILES string of the molecule is CCCN(CC)S(=O)(=O)CCCCN. The molecule has 0 amide bonds. The Hall–Kier alpha value is -0.130. The molecule has 0 aromatic heterocycles. The first kappa shape index (κ1) is 13.9. The summed E-state index contributed by atoms with van der Waals surface area (Å²) in [6, 6.07) is 0. The van der Waals surface area contributed by atoms with Gasteiger partial charge >= 0.3 is 0 Å². The van der Waals surface area contributed by atoms with Gasteiger partial charge in [0.15, 0.2) is 0 Å². The summed E-state index contributed by atoms with van der Waals surface area (Å²) in [7, 11) is -3.03. The van der Waals surface area contributed by atoms with Gasteiger partial charge in [-0.3, -0.25) is 0 Å². The van der Waals surface area contributed by atoms with Crippen molar-refractivity contribution < 1.29 is 8.42 Å². The van der Waals surface area contributed by atoms with E-state index in [1.807, 2.05) is 13.8 Å². The standard InChI is InChI=1S/C9H22N2O2S/c1-3-8-11(4-2)14(12,13)9-6-5-7-10/h3-10H2,1-2H3. The van der Waals surface area contributed by atoms with Gasteiger partial charge in [-0.15, -0.1) is 0 Å². The van der Waals surface area contributed by atoms with Crippen LogP contribution >= 0.6 is 0 Å². The number of hydrogen-bond donors (Lipinski definition) is 1. The van der Waals surface area contributed by atoms with Crippen molar-refractivity contribution in [2.75, 3.05) is 25.4 Å². The van der Waals surface area contributed by atoms with Gasteiger partial charge in [-0.1, -0.05) is 13.8 Å². The average molecular weight is 222 g/mol. The van der Waals surface area contributed by atoms with E-state index in [0.717, 1.165) is 12.8 Å². The normalized spacial score (nSPS) is 12.3. The summed E-state index contributed by atoms with van der Waals surface area (Å²) in [5.41, 5.74) is 5.32. The molecule has 2 N–H and O–H groups in total. The largest absolute Gasteiger partial charge is 0.330 e. The van der Waals surface area contributed by atoms with Crippen LogP contribution in [0.3, 0.4) is 0 Å². The lowest BCUT2D eigenvalue weighted by atomic mass is 10.3. The number of nitrogens with two attached hydrogens (primary N) is 1. The molecule has 0 aromatic carbocycles. The van der Waals surface area contributed by atoms with E-state index in [9.17, 15) is 8.42 Å². The predicted molar refractivity (Wildman–Crippen MR) is 59.6 cm³/mol. The fraction of sp³-hybridized carbons (Fsp3) is 1.00. The first-order chi connectivity index (χ1) is 6.58. The fourth-order valence-electron chi connectivity index (χ4n) is 1.30. The third-order valence-electron chi connectivity index (χ3n) is 2.08. The molecule has 0 saturated heterocycles. The Bertz CT molecular complexity index is 227. The summed E-state index contributed by atoms with van der Waals surface area (Å²) in [6.07, 6.45) is 2.31. The van der Waals surface area contributed by atoms with Crippen LogP contribution in [0.1, 0.15) is 33.1 Å². The molecule has 0 aliphatic rings. The molecule has 0 radical (unpaired) electrons. The summed E-state index contributed by atoms with van der Waals surface area (Å²) >= 11 is 0. The molecule has 0 fully saturated rings. The van der Waals surface area contributed by atoms with Gasteiger partial charge in [-0.2, -0.15) is 0 Å². The minimum atomic E-state index is -3.03. The van der Waals surface area contributed by atoms with Crippen LogP contribution in [0.4, 0.5) is 0 Å². The molecule has 0 aliphatic carbocycles. The molecule has 86 valence electrons. The lowest BCUT2D eigenvalue weighted by Gasteiger charge is -2.19. The number of hydrogen-bond acceptors (Lipinski definition) is 3. The van der Waals surface area contributed by atoms with Gasteiger partial charge in [0.25, 0.3) is 0 Å². The first-order valence-corrected chi connectivity index (χ1v) is 6.87. The van der Waals surface area contributed by atoms with Gasteiger partial charge in [0, 0.05) is 13.1 Å². The second kappa shape index (κ2) is 7.20. The highest BCUT2D eigenvalue weighted by molar-refractivity contribution is 7.89. The lowest BCUT2D eigenvalue weighted by molar-refractivity contribution is 0.426. The maximum Gasteiger partial charge on any atom is 0.214 e. The number of unbranched alkanes of at least 4 members (excludes halogenated alkanes) is 1. The quantitative estimate of drug-likeness (QED) is 0.617. The average Bonchev–Trinajstić information content (AvgIpc) is 2.14. The van der Waals surface area contributed by atoms with Crippen LogP contribution in [0.15, 0.2) is 0 Å². The van der Waals surface area contributed by atoms with Crippen LogP contribution in [-0.4, -0.2) is 38.1 Å². The highest BCUT2D eigenvalue weighted by Gasteiger charge is 2.18. The molecule has 0 heterocycles. The molecule has 0 saturated carbocycles. The maximum absolute atomic E-state index is 11.7. The summed E-state index contributed by atoms with van der Waals surface area (Å²) in [6.45, 7) is 5.61. The molecule has 0 aliphatic heterocycles. The summed E-state index contributed by atoms with van der Waals surface area (Å²) in [5, 5.41) is 0. The van der Waals surface area contributed by atoms with Crippen molar-refractivity contribution in [1.29, 1.82) is 0 Å². The second-order valence-corrected chi connectivity index (χ2v) is 5.39. The van der Waals surface area contributed by atoms with Gasteiger partial charge in [-0.25, -0.2) is 12.7 Å². The highest BCUT2D eigenvalue weighted by atomic mass is 32.2. The van der Waals surface area contributed by atoms with Crippen molar-refractivity contribution >= 4 is 10.0 Å². The van der Waals surface area contributed by atoms with Crippen LogP contribution in [0, 0.1) is 0 Å². The van der Waals surface area contributed by atoms with Crippen LogP contribution < -0.4 is 5.73 Å². The smallest absolute Gasteiger partial charge is 0.214 e. The predicted octanol–water partition coefficient (Wildman–Crippen LogP) is 0.787. The van der Waals surface area contributed by atoms with Gasteiger partial charge in [0.1, 0.15) is 0 Å². The molecular weight excluding hydrogens is 200 g/mol. The summed E-state index contributed by atoms with van der Waals surface area (Å²) in [4.78, 5) is 0. The molecule has 4 nitrogen and oxygen atoms in total. The van der Waals surface area contributed by atoms with Crippen molar-refractivity contribution in [3.8, 4) is 0 Å².